The van der Waals surface area contributed by atoms with Crippen molar-refractivity contribution in [1.82, 2.24) is 19.7 Å². The molecule has 5 rings (SSSR count). The SMILES string of the molecule is Cn1ncc2c(Nc3ccc(Cl)cc3)nc(N3CCN(c4ccccc4)CC3)nc21. The van der Waals surface area contributed by atoms with Crippen LogP contribution in [0.4, 0.5) is 23.1 Å². The fourth-order valence-corrected chi connectivity index (χ4v) is 3.85. The van der Waals surface area contributed by atoms with Gasteiger partial charge in [0.05, 0.1) is 11.6 Å². The lowest BCUT2D eigenvalue weighted by molar-refractivity contribution is 0.640. The highest BCUT2D eigenvalue weighted by Crippen LogP contribution is 2.27. The van der Waals surface area contributed by atoms with E-state index in [4.69, 9.17) is 21.6 Å². The molecule has 152 valence electrons. The van der Waals surface area contributed by atoms with E-state index in [1.807, 2.05) is 37.4 Å². The summed E-state index contributed by atoms with van der Waals surface area (Å²) in [4.78, 5) is 14.3. The van der Waals surface area contributed by atoms with Crippen LogP contribution in [0, 0.1) is 0 Å². The molecular weight excluding hydrogens is 398 g/mol. The first-order valence-corrected chi connectivity index (χ1v) is 10.3. The monoisotopic (exact) mass is 419 g/mol. The normalized spacial score (nSPS) is 14.3. The summed E-state index contributed by atoms with van der Waals surface area (Å²) in [6.45, 7) is 3.57. The van der Waals surface area contributed by atoms with Gasteiger partial charge in [-0.1, -0.05) is 29.8 Å². The number of nitrogens with one attached hydrogen (secondary N) is 1. The number of aryl methyl sites for hydroxylation is 1. The predicted octanol–water partition coefficient (Wildman–Crippen LogP) is 4.09. The minimum Gasteiger partial charge on any atom is -0.368 e. The third-order valence-electron chi connectivity index (χ3n) is 5.37. The van der Waals surface area contributed by atoms with Crippen molar-refractivity contribution in [2.75, 3.05) is 41.3 Å². The summed E-state index contributed by atoms with van der Waals surface area (Å²) in [5, 5.41) is 9.37. The van der Waals surface area contributed by atoms with Crippen LogP contribution >= 0.6 is 11.6 Å². The molecule has 0 unspecified atom stereocenters. The highest BCUT2D eigenvalue weighted by Gasteiger charge is 2.21. The number of nitrogens with zero attached hydrogens (tertiary/aromatic N) is 6. The van der Waals surface area contributed by atoms with E-state index in [0.29, 0.717) is 5.02 Å². The van der Waals surface area contributed by atoms with Gasteiger partial charge >= 0.3 is 0 Å². The molecule has 0 bridgehead atoms. The van der Waals surface area contributed by atoms with Crippen LogP contribution < -0.4 is 15.1 Å². The van der Waals surface area contributed by atoms with Gasteiger partial charge in [0.25, 0.3) is 0 Å². The molecule has 2 aromatic heterocycles. The first-order valence-electron chi connectivity index (χ1n) is 9.95. The Morgan fingerprint density at radius 2 is 1.57 bits per heavy atom. The van der Waals surface area contributed by atoms with Crippen LogP contribution in [0.25, 0.3) is 11.0 Å². The number of halogens is 1. The summed E-state index contributed by atoms with van der Waals surface area (Å²) in [6, 6.07) is 18.1. The Balaban J connectivity index is 1.42. The number of anilines is 4. The molecule has 0 radical (unpaired) electrons. The summed E-state index contributed by atoms with van der Waals surface area (Å²) >= 11 is 6.02. The van der Waals surface area contributed by atoms with Crippen molar-refractivity contribution in [1.29, 1.82) is 0 Å². The number of aromatic nitrogens is 4. The zero-order valence-corrected chi connectivity index (χ0v) is 17.4. The molecule has 0 spiro atoms. The molecule has 0 saturated carbocycles. The van der Waals surface area contributed by atoms with E-state index in [1.165, 1.54) is 5.69 Å². The summed E-state index contributed by atoms with van der Waals surface area (Å²) in [5.41, 5.74) is 2.98. The molecule has 0 amide bonds. The van der Waals surface area contributed by atoms with E-state index in [9.17, 15) is 0 Å². The van der Waals surface area contributed by atoms with Gasteiger partial charge in [-0.3, -0.25) is 4.68 Å². The molecule has 8 heteroatoms. The van der Waals surface area contributed by atoms with Gasteiger partial charge in [0.1, 0.15) is 5.82 Å². The molecular formula is C22H22ClN7. The minimum absolute atomic E-state index is 0.701. The van der Waals surface area contributed by atoms with Gasteiger partial charge in [-0.15, -0.1) is 0 Å². The third kappa shape index (κ3) is 3.64. The number of hydrogen-bond acceptors (Lipinski definition) is 6. The Morgan fingerprint density at radius 1 is 0.867 bits per heavy atom. The fourth-order valence-electron chi connectivity index (χ4n) is 3.72. The van der Waals surface area contributed by atoms with Crippen LogP contribution in [0.1, 0.15) is 0 Å². The Labute approximate surface area is 179 Å². The van der Waals surface area contributed by atoms with Crippen molar-refractivity contribution in [3.63, 3.8) is 0 Å². The van der Waals surface area contributed by atoms with E-state index in [2.05, 4.69) is 44.5 Å². The molecule has 4 aromatic rings. The molecule has 1 aliphatic heterocycles. The van der Waals surface area contributed by atoms with E-state index in [-0.39, 0.29) is 0 Å². The van der Waals surface area contributed by atoms with Crippen molar-refractivity contribution >= 4 is 45.8 Å². The zero-order valence-electron chi connectivity index (χ0n) is 16.7. The van der Waals surface area contributed by atoms with Gasteiger partial charge in [-0.2, -0.15) is 15.1 Å². The van der Waals surface area contributed by atoms with Crippen molar-refractivity contribution in [3.8, 4) is 0 Å². The molecule has 1 aliphatic rings. The average Bonchev–Trinajstić information content (AvgIpc) is 3.17. The molecule has 30 heavy (non-hydrogen) atoms. The van der Waals surface area contributed by atoms with E-state index >= 15 is 0 Å². The van der Waals surface area contributed by atoms with Gasteiger partial charge in [0.2, 0.25) is 5.95 Å². The molecule has 3 heterocycles. The van der Waals surface area contributed by atoms with Crippen LogP contribution in [0.2, 0.25) is 5.02 Å². The zero-order chi connectivity index (χ0) is 20.5. The standard InChI is InChI=1S/C22H22ClN7/c1-28-21-19(15-24-28)20(25-17-9-7-16(23)8-10-17)26-22(27-21)30-13-11-29(12-14-30)18-5-3-2-4-6-18/h2-10,15H,11-14H2,1H3,(H,25,26,27). The van der Waals surface area contributed by atoms with Crippen LogP contribution in [-0.4, -0.2) is 45.9 Å². The predicted molar refractivity (Wildman–Crippen MR) is 122 cm³/mol. The highest BCUT2D eigenvalue weighted by molar-refractivity contribution is 6.30. The Hall–Kier alpha value is -3.32. The highest BCUT2D eigenvalue weighted by atomic mass is 35.5. The van der Waals surface area contributed by atoms with E-state index < -0.39 is 0 Å². The molecule has 1 fully saturated rings. The van der Waals surface area contributed by atoms with E-state index in [1.54, 1.807) is 10.9 Å². The van der Waals surface area contributed by atoms with Crippen molar-refractivity contribution in [3.05, 3.63) is 65.8 Å². The number of rotatable bonds is 4. The number of fused-ring (bicyclic) bond motifs is 1. The van der Waals surface area contributed by atoms with E-state index in [0.717, 1.165) is 54.7 Å². The Bertz CT molecular complexity index is 1150. The van der Waals surface area contributed by atoms with Crippen molar-refractivity contribution in [2.45, 2.75) is 0 Å². The molecule has 7 nitrogen and oxygen atoms in total. The lowest BCUT2D eigenvalue weighted by Crippen LogP contribution is -2.47. The molecule has 0 atom stereocenters. The lowest BCUT2D eigenvalue weighted by Gasteiger charge is -2.36. The maximum absolute atomic E-state index is 6.02. The smallest absolute Gasteiger partial charge is 0.229 e. The number of para-hydroxylation sites is 1. The Kier molecular flexibility index (Phi) is 4.88. The average molecular weight is 420 g/mol. The Morgan fingerprint density at radius 3 is 2.30 bits per heavy atom. The summed E-state index contributed by atoms with van der Waals surface area (Å²) in [5.74, 6) is 1.46. The molecule has 1 N–H and O–H groups in total. The summed E-state index contributed by atoms with van der Waals surface area (Å²) in [6.07, 6.45) is 1.80. The second kappa shape index (κ2) is 7.84. The molecule has 1 saturated heterocycles. The molecule has 2 aromatic carbocycles. The summed E-state index contributed by atoms with van der Waals surface area (Å²) in [7, 11) is 1.90. The number of hydrogen-bond donors (Lipinski definition) is 1. The maximum atomic E-state index is 6.02. The van der Waals surface area contributed by atoms with Gasteiger partial charge in [-0.25, -0.2) is 0 Å². The largest absolute Gasteiger partial charge is 0.368 e. The van der Waals surface area contributed by atoms with Crippen LogP contribution in [-0.2, 0) is 7.05 Å². The second-order valence-electron chi connectivity index (χ2n) is 7.32. The van der Waals surface area contributed by atoms with Gasteiger partial charge in [0, 0.05) is 49.6 Å². The lowest BCUT2D eigenvalue weighted by atomic mass is 10.2. The minimum atomic E-state index is 0.701. The van der Waals surface area contributed by atoms with Crippen LogP contribution in [0.3, 0.4) is 0 Å². The first kappa shape index (κ1) is 18.7. The van der Waals surface area contributed by atoms with Crippen LogP contribution in [0.5, 0.6) is 0 Å². The van der Waals surface area contributed by atoms with Crippen molar-refractivity contribution < 1.29 is 0 Å². The van der Waals surface area contributed by atoms with Crippen LogP contribution in [0.15, 0.2) is 60.8 Å². The molecule has 0 aliphatic carbocycles. The topological polar surface area (TPSA) is 62.1 Å². The first-order chi connectivity index (χ1) is 14.7. The summed E-state index contributed by atoms with van der Waals surface area (Å²) < 4.78 is 1.79. The third-order valence-corrected chi connectivity index (χ3v) is 5.62. The second-order valence-corrected chi connectivity index (χ2v) is 7.76. The fraction of sp³-hybridized carbons (Fsp3) is 0.227. The number of benzene rings is 2. The van der Waals surface area contributed by atoms with Crippen molar-refractivity contribution in [2.24, 2.45) is 7.05 Å². The number of piperazine rings is 1. The van der Waals surface area contributed by atoms with Gasteiger partial charge in [0.15, 0.2) is 5.65 Å². The van der Waals surface area contributed by atoms with Gasteiger partial charge in [-0.05, 0) is 36.4 Å². The maximum Gasteiger partial charge on any atom is 0.229 e. The quantitative estimate of drug-likeness (QED) is 0.537. The van der Waals surface area contributed by atoms with Gasteiger partial charge < -0.3 is 15.1 Å².